The average Bonchev–Trinajstić information content (AvgIpc) is 3.37. The summed E-state index contributed by atoms with van der Waals surface area (Å²) in [6, 6.07) is 3.10. The number of aldehydes is 1. The highest BCUT2D eigenvalue weighted by molar-refractivity contribution is 5.92. The van der Waals surface area contributed by atoms with Crippen molar-refractivity contribution in [1.82, 2.24) is 9.55 Å². The van der Waals surface area contributed by atoms with Crippen molar-refractivity contribution >= 4 is 23.6 Å². The maximum absolute atomic E-state index is 14.5. The Balaban J connectivity index is 0.000000424. The quantitative estimate of drug-likeness (QED) is 0.283. The van der Waals surface area contributed by atoms with Crippen LogP contribution in [0.2, 0.25) is 0 Å². The number of aliphatic hydroxyl groups excluding tert-OH is 1. The van der Waals surface area contributed by atoms with Gasteiger partial charge in [-0.05, 0) is 76.1 Å². The van der Waals surface area contributed by atoms with Crippen LogP contribution in [0.25, 0.3) is 22.3 Å². The maximum atomic E-state index is 14.5. The zero-order chi connectivity index (χ0) is 32.4. The van der Waals surface area contributed by atoms with E-state index in [0.717, 1.165) is 47.8 Å². The monoisotopic (exact) mass is 599 g/mol. The number of ether oxygens (including phenoxy) is 2. The van der Waals surface area contributed by atoms with E-state index in [1.807, 2.05) is 13.8 Å². The minimum absolute atomic E-state index is 0.00743. The van der Waals surface area contributed by atoms with E-state index in [2.05, 4.69) is 33.4 Å². The van der Waals surface area contributed by atoms with Gasteiger partial charge in [-0.2, -0.15) is 0 Å². The molecule has 3 heterocycles. The second-order valence-electron chi connectivity index (χ2n) is 10.5. The van der Waals surface area contributed by atoms with Crippen molar-refractivity contribution in [2.24, 2.45) is 5.73 Å². The largest absolute Gasteiger partial charge is 0.381 e. The summed E-state index contributed by atoms with van der Waals surface area (Å²) in [5, 5.41) is 11.2. The van der Waals surface area contributed by atoms with Gasteiger partial charge >= 0.3 is 0 Å². The molecule has 2 unspecified atom stereocenters. The molecule has 10 heteroatoms. The number of hydrogen-bond donors (Lipinski definition) is 2. The molecule has 236 valence electrons. The first-order valence-corrected chi connectivity index (χ1v) is 14.9. The van der Waals surface area contributed by atoms with Crippen molar-refractivity contribution in [3.63, 3.8) is 0 Å². The molecule has 1 aromatic carbocycles. The van der Waals surface area contributed by atoms with E-state index in [1.165, 1.54) is 13.2 Å². The number of aryl methyl sites for hydroxylation is 2. The summed E-state index contributed by atoms with van der Waals surface area (Å²) < 4.78 is 26.7. The van der Waals surface area contributed by atoms with Crippen LogP contribution in [0.4, 0.5) is 4.39 Å². The summed E-state index contributed by atoms with van der Waals surface area (Å²) >= 11 is 0. The van der Waals surface area contributed by atoms with E-state index >= 15 is 0 Å². The molecule has 0 saturated carbocycles. The molecule has 1 aliphatic heterocycles. The second-order valence-corrected chi connectivity index (χ2v) is 10.5. The van der Waals surface area contributed by atoms with E-state index in [-0.39, 0.29) is 35.5 Å². The molecular weight excluding hydrogens is 553 g/mol. The normalized spacial score (nSPS) is 13.7. The van der Waals surface area contributed by atoms with Crippen LogP contribution in [0, 0.1) is 12.7 Å². The van der Waals surface area contributed by atoms with Crippen molar-refractivity contribution in [2.75, 3.05) is 7.11 Å². The van der Waals surface area contributed by atoms with Gasteiger partial charge in [-0.1, -0.05) is 20.8 Å². The predicted octanol–water partition coefficient (Wildman–Crippen LogP) is 5.08. The molecule has 2 aromatic heterocycles. The van der Waals surface area contributed by atoms with E-state index in [4.69, 9.17) is 19.3 Å². The number of pyridine rings is 2. The summed E-state index contributed by atoms with van der Waals surface area (Å²) in [4.78, 5) is 37.8. The summed E-state index contributed by atoms with van der Waals surface area (Å²) in [6.07, 6.45) is 3.70. The molecule has 5 rings (SSSR count). The van der Waals surface area contributed by atoms with Crippen LogP contribution in [0.3, 0.4) is 0 Å². The van der Waals surface area contributed by atoms with Gasteiger partial charge in [-0.15, -0.1) is 0 Å². The lowest BCUT2D eigenvalue weighted by Crippen LogP contribution is -2.26. The fraction of sp³-hybridized carbons (Fsp3) is 0.515. The first kappa shape index (κ1) is 35.7. The van der Waals surface area contributed by atoms with Crippen molar-refractivity contribution in [1.29, 1.82) is 0 Å². The second kappa shape index (κ2) is 16.4. The molecule has 9 nitrogen and oxygen atoms in total. The van der Waals surface area contributed by atoms with E-state index in [0.29, 0.717) is 47.5 Å². The third-order valence-electron chi connectivity index (χ3n) is 7.48. The molecule has 1 amide bonds. The molecule has 43 heavy (non-hydrogen) atoms. The third kappa shape index (κ3) is 7.74. The first-order chi connectivity index (χ1) is 20.5. The average molecular weight is 600 g/mol. The van der Waals surface area contributed by atoms with Gasteiger partial charge in [-0.25, -0.2) is 9.37 Å². The van der Waals surface area contributed by atoms with Crippen molar-refractivity contribution < 1.29 is 28.6 Å². The number of benzene rings is 1. The topological polar surface area (TPSA) is 134 Å². The highest BCUT2D eigenvalue weighted by Crippen LogP contribution is 2.41. The Morgan fingerprint density at radius 1 is 1.14 bits per heavy atom. The molecule has 3 N–H and O–H groups in total. The Hall–Kier alpha value is -3.47. The summed E-state index contributed by atoms with van der Waals surface area (Å²) in [7, 11) is 1.46. The number of carbonyl (C=O) groups is 2. The number of methoxy groups -OCH3 is 1. The van der Waals surface area contributed by atoms with Crippen LogP contribution < -0.4 is 11.3 Å². The Morgan fingerprint density at radius 3 is 2.30 bits per heavy atom. The molecule has 0 saturated heterocycles. The van der Waals surface area contributed by atoms with Crippen LogP contribution in [0.5, 0.6) is 0 Å². The van der Waals surface area contributed by atoms with Gasteiger partial charge in [0, 0.05) is 35.3 Å². The van der Waals surface area contributed by atoms with Crippen molar-refractivity contribution in [3.8, 4) is 11.4 Å². The number of nitrogens with two attached hydrogens (primary N) is 1. The number of fused-ring (bicyclic) bond motifs is 4. The molecule has 2 aliphatic rings. The standard InChI is InChI=1S/C23H21FN2O4.C7H16O.C2H6.CH3NO/c1-11-12-4-3-5-13-15-8-26-19(22(15)25-18(21(12)13)7-17(11)24)6-14(20(28)9-27)16(10-30-2)23(26)29;1-5-7(4)8-6(2)3;1-2;2-1-3/h6-7,9,20,28H,3-5,8,10H2,1-2H3;6-7H,5H2,1-4H3;1-2H3;1H,(H2,2,3). The highest BCUT2D eigenvalue weighted by Gasteiger charge is 2.31. The van der Waals surface area contributed by atoms with Crippen molar-refractivity contribution in [2.45, 2.75) is 106 Å². The van der Waals surface area contributed by atoms with Gasteiger partial charge < -0.3 is 29.7 Å². The van der Waals surface area contributed by atoms with E-state index in [9.17, 15) is 19.1 Å². The Kier molecular flexibility index (Phi) is 13.6. The maximum Gasteiger partial charge on any atom is 0.257 e. The van der Waals surface area contributed by atoms with Gasteiger partial charge in [-0.3, -0.25) is 9.59 Å². The lowest BCUT2D eigenvalue weighted by Gasteiger charge is -2.21. The Labute approximate surface area is 253 Å². The lowest BCUT2D eigenvalue weighted by atomic mass is 9.85. The zero-order valence-corrected chi connectivity index (χ0v) is 26.6. The van der Waals surface area contributed by atoms with Gasteiger partial charge in [0.2, 0.25) is 6.41 Å². The van der Waals surface area contributed by atoms with Gasteiger partial charge in [0.05, 0.1) is 42.3 Å². The molecular formula is C33H46FN3O6. The number of carbonyl (C=O) groups excluding carboxylic acids is 2. The SMILES string of the molecule is CC.CCC(C)OC(C)C.COCc1c(C(O)C=O)cc2n(c1=O)Cc1c-2nc2cc(F)c(C)c3c2c1CCC3.NC=O. The number of aromatic nitrogens is 2. The van der Waals surface area contributed by atoms with Crippen LogP contribution in [-0.4, -0.2) is 46.7 Å². The minimum atomic E-state index is -1.43. The van der Waals surface area contributed by atoms with Crippen LogP contribution in [-0.2, 0) is 45.1 Å². The number of halogens is 1. The Bertz CT molecular complexity index is 1480. The van der Waals surface area contributed by atoms with E-state index < -0.39 is 6.10 Å². The number of rotatable bonds is 7. The Morgan fingerprint density at radius 2 is 1.77 bits per heavy atom. The fourth-order valence-electron chi connectivity index (χ4n) is 5.51. The summed E-state index contributed by atoms with van der Waals surface area (Å²) in [5.41, 5.74) is 9.83. The first-order valence-electron chi connectivity index (χ1n) is 14.9. The number of amides is 1. The van der Waals surface area contributed by atoms with Crippen molar-refractivity contribution in [3.05, 3.63) is 61.7 Å². The predicted molar refractivity (Wildman–Crippen MR) is 167 cm³/mol. The molecule has 0 spiro atoms. The minimum Gasteiger partial charge on any atom is -0.381 e. The molecule has 3 aromatic rings. The number of aliphatic hydroxyl groups is 1. The third-order valence-corrected chi connectivity index (χ3v) is 7.48. The number of nitrogens with zero attached hydrogens (tertiary/aromatic N) is 2. The smallest absolute Gasteiger partial charge is 0.257 e. The molecule has 1 aliphatic carbocycles. The van der Waals surface area contributed by atoms with Crippen LogP contribution in [0.1, 0.15) is 93.9 Å². The van der Waals surface area contributed by atoms with Gasteiger partial charge in [0.15, 0.2) is 6.29 Å². The highest BCUT2D eigenvalue weighted by atomic mass is 19.1. The number of primary amides is 1. The van der Waals surface area contributed by atoms with Gasteiger partial charge in [0.1, 0.15) is 11.9 Å². The fourth-order valence-corrected chi connectivity index (χ4v) is 5.51. The zero-order valence-electron chi connectivity index (χ0n) is 26.6. The summed E-state index contributed by atoms with van der Waals surface area (Å²) in [6.45, 7) is 14.5. The van der Waals surface area contributed by atoms with Crippen LogP contribution >= 0.6 is 0 Å². The molecule has 0 bridgehead atoms. The van der Waals surface area contributed by atoms with E-state index in [1.54, 1.807) is 17.6 Å². The molecule has 2 atom stereocenters. The molecule has 0 fully saturated rings. The van der Waals surface area contributed by atoms with Gasteiger partial charge in [0.25, 0.3) is 5.56 Å². The summed E-state index contributed by atoms with van der Waals surface area (Å²) in [5.74, 6) is -0.277. The molecule has 0 radical (unpaired) electrons. The van der Waals surface area contributed by atoms with Crippen LogP contribution in [0.15, 0.2) is 16.9 Å². The number of hydrogen-bond acceptors (Lipinski definition) is 7. The lowest BCUT2D eigenvalue weighted by molar-refractivity contribution is -0.115.